The lowest BCUT2D eigenvalue weighted by atomic mass is 9.95. The Morgan fingerprint density at radius 2 is 1.83 bits per heavy atom. The molecule has 2 fully saturated rings. The highest BCUT2D eigenvalue weighted by molar-refractivity contribution is 5.79. The van der Waals surface area contributed by atoms with E-state index in [9.17, 15) is 15.0 Å². The fourth-order valence-electron chi connectivity index (χ4n) is 5.62. The molecule has 2 heterocycles. The molecule has 5 heteroatoms. The number of hydrogen-bond donors (Lipinski definition) is 2. The second kappa shape index (κ2) is 6.80. The van der Waals surface area contributed by atoms with Crippen molar-refractivity contribution in [2.45, 2.75) is 18.6 Å². The summed E-state index contributed by atoms with van der Waals surface area (Å²) >= 11 is 0. The Kier molecular flexibility index (Phi) is 4.35. The normalized spacial score (nSPS) is 29.0. The van der Waals surface area contributed by atoms with Gasteiger partial charge in [0.1, 0.15) is 0 Å². The van der Waals surface area contributed by atoms with Crippen molar-refractivity contribution in [3.63, 3.8) is 0 Å². The number of aromatic nitrogens is 1. The van der Waals surface area contributed by atoms with E-state index in [2.05, 4.69) is 17.0 Å². The summed E-state index contributed by atoms with van der Waals surface area (Å²) in [5.74, 6) is 0.220. The number of nitrogens with zero attached hydrogens (tertiary/aromatic N) is 2. The first kappa shape index (κ1) is 18.6. The summed E-state index contributed by atoms with van der Waals surface area (Å²) < 4.78 is 1.70. The first-order chi connectivity index (χ1) is 14.1. The minimum absolute atomic E-state index is 0.00764. The maximum Gasteiger partial charge on any atom is 0.255 e. The second-order valence-electron chi connectivity index (χ2n) is 8.57. The Hall–Kier alpha value is -2.47. The first-order valence-corrected chi connectivity index (χ1v) is 10.2. The molecule has 1 saturated carbocycles. The maximum atomic E-state index is 12.9. The van der Waals surface area contributed by atoms with Gasteiger partial charge in [0.2, 0.25) is 0 Å². The number of aliphatic hydroxyl groups excluding tert-OH is 2. The molecule has 5 rings (SSSR count). The number of pyridine rings is 1. The Morgan fingerprint density at radius 3 is 2.59 bits per heavy atom. The van der Waals surface area contributed by atoms with Gasteiger partial charge in [0, 0.05) is 44.3 Å². The minimum Gasteiger partial charge on any atom is -0.396 e. The third kappa shape index (κ3) is 2.76. The monoisotopic (exact) mass is 390 g/mol. The lowest BCUT2D eigenvalue weighted by molar-refractivity contribution is 0.111. The standard InChI is InChI=1S/C24H26N2O3/c1-25-20-10-6-5-9-17(20)11-18(23(25)29)12-26-13-21(28)24(15-26)19(14-27)22(24)16-7-3-2-4-8-16/h2-11,19,21-22,27-28H,12-15H2,1H3/t19-,21+,22-,24-/m1/s1. The molecule has 29 heavy (non-hydrogen) atoms. The Bertz CT molecular complexity index is 1110. The maximum absolute atomic E-state index is 12.9. The van der Waals surface area contributed by atoms with Gasteiger partial charge in [-0.3, -0.25) is 9.69 Å². The average Bonchev–Trinajstić information content (AvgIpc) is 3.29. The van der Waals surface area contributed by atoms with E-state index >= 15 is 0 Å². The number of hydrogen-bond acceptors (Lipinski definition) is 4. The zero-order valence-electron chi connectivity index (χ0n) is 16.5. The van der Waals surface area contributed by atoms with Crippen molar-refractivity contribution >= 4 is 10.9 Å². The summed E-state index contributed by atoms with van der Waals surface area (Å²) in [6.45, 7) is 1.79. The van der Waals surface area contributed by atoms with Gasteiger partial charge in [-0.1, -0.05) is 48.5 Å². The molecular formula is C24H26N2O3. The molecule has 1 saturated heterocycles. The van der Waals surface area contributed by atoms with Gasteiger partial charge in [0.05, 0.1) is 11.6 Å². The molecule has 2 aromatic carbocycles. The SMILES string of the molecule is Cn1c(=O)c(CN2C[C@H](O)[C@@]3(C2)[C@H](CO)[C@H]3c2ccccc2)cc2ccccc21. The van der Waals surface area contributed by atoms with Gasteiger partial charge in [0.15, 0.2) is 0 Å². The molecule has 1 aliphatic heterocycles. The third-order valence-corrected chi connectivity index (χ3v) is 7.07. The van der Waals surface area contributed by atoms with E-state index in [0.29, 0.717) is 19.6 Å². The molecule has 0 bridgehead atoms. The van der Waals surface area contributed by atoms with Gasteiger partial charge in [-0.2, -0.15) is 0 Å². The molecular weight excluding hydrogens is 364 g/mol. The number of para-hydroxylation sites is 1. The van der Waals surface area contributed by atoms with Crippen molar-refractivity contribution in [3.8, 4) is 0 Å². The summed E-state index contributed by atoms with van der Waals surface area (Å²) in [5, 5.41) is 22.0. The van der Waals surface area contributed by atoms with E-state index in [1.807, 2.05) is 55.6 Å². The number of rotatable bonds is 4. The van der Waals surface area contributed by atoms with Crippen molar-refractivity contribution in [3.05, 3.63) is 82.1 Å². The van der Waals surface area contributed by atoms with E-state index < -0.39 is 6.10 Å². The minimum atomic E-state index is -0.505. The van der Waals surface area contributed by atoms with Gasteiger partial charge >= 0.3 is 0 Å². The predicted molar refractivity (Wildman–Crippen MR) is 113 cm³/mol. The summed E-state index contributed by atoms with van der Waals surface area (Å²) in [7, 11) is 1.81. The first-order valence-electron chi connectivity index (χ1n) is 10.2. The summed E-state index contributed by atoms with van der Waals surface area (Å²) in [4.78, 5) is 15.0. The van der Waals surface area contributed by atoms with E-state index in [0.717, 1.165) is 16.5 Å². The van der Waals surface area contributed by atoms with Crippen LogP contribution in [0.1, 0.15) is 17.0 Å². The predicted octanol–water partition coefficient (Wildman–Crippen LogP) is 2.11. The third-order valence-electron chi connectivity index (χ3n) is 7.07. The molecule has 1 aromatic heterocycles. The van der Waals surface area contributed by atoms with Crippen LogP contribution in [-0.2, 0) is 13.6 Å². The lowest BCUT2D eigenvalue weighted by Gasteiger charge is -2.17. The summed E-state index contributed by atoms with van der Waals surface area (Å²) in [6, 6.07) is 20.0. The fourth-order valence-corrected chi connectivity index (χ4v) is 5.62. The van der Waals surface area contributed by atoms with Crippen molar-refractivity contribution in [2.24, 2.45) is 18.4 Å². The Labute approximate surface area is 169 Å². The van der Waals surface area contributed by atoms with Crippen molar-refractivity contribution in [1.29, 1.82) is 0 Å². The van der Waals surface area contributed by atoms with Crippen LogP contribution in [-0.4, -0.2) is 45.5 Å². The number of fused-ring (bicyclic) bond motifs is 1. The van der Waals surface area contributed by atoms with E-state index in [1.165, 1.54) is 5.56 Å². The largest absolute Gasteiger partial charge is 0.396 e. The number of aryl methyl sites for hydroxylation is 1. The smallest absolute Gasteiger partial charge is 0.255 e. The molecule has 4 atom stereocenters. The van der Waals surface area contributed by atoms with Crippen LogP contribution < -0.4 is 5.56 Å². The molecule has 3 aromatic rings. The van der Waals surface area contributed by atoms with Crippen LogP contribution in [0, 0.1) is 11.3 Å². The van der Waals surface area contributed by atoms with Gasteiger partial charge in [0.25, 0.3) is 5.56 Å². The van der Waals surface area contributed by atoms with Gasteiger partial charge < -0.3 is 14.8 Å². The van der Waals surface area contributed by atoms with E-state index in [1.54, 1.807) is 4.57 Å². The lowest BCUT2D eigenvalue weighted by Crippen LogP contribution is -2.28. The van der Waals surface area contributed by atoms with Crippen molar-refractivity contribution in [1.82, 2.24) is 9.47 Å². The van der Waals surface area contributed by atoms with Crippen LogP contribution >= 0.6 is 0 Å². The molecule has 0 radical (unpaired) electrons. The number of likely N-dealkylation sites (tertiary alicyclic amines) is 1. The van der Waals surface area contributed by atoms with Gasteiger partial charge in [-0.05, 0) is 34.9 Å². The van der Waals surface area contributed by atoms with Crippen LogP contribution in [0.4, 0.5) is 0 Å². The molecule has 5 nitrogen and oxygen atoms in total. The Morgan fingerprint density at radius 1 is 1.10 bits per heavy atom. The van der Waals surface area contributed by atoms with Gasteiger partial charge in [-0.25, -0.2) is 0 Å². The van der Waals surface area contributed by atoms with E-state index in [-0.39, 0.29) is 29.4 Å². The molecule has 150 valence electrons. The summed E-state index contributed by atoms with van der Waals surface area (Å²) in [5.41, 5.74) is 2.53. The van der Waals surface area contributed by atoms with Crippen LogP contribution in [0.2, 0.25) is 0 Å². The van der Waals surface area contributed by atoms with Crippen LogP contribution in [0.3, 0.4) is 0 Å². The fraction of sp³-hybridized carbons (Fsp3) is 0.375. The molecule has 2 aliphatic rings. The molecule has 2 N–H and O–H groups in total. The zero-order valence-corrected chi connectivity index (χ0v) is 16.5. The number of benzene rings is 2. The summed E-state index contributed by atoms with van der Waals surface area (Å²) in [6.07, 6.45) is -0.505. The molecule has 1 aliphatic carbocycles. The molecule has 0 amide bonds. The van der Waals surface area contributed by atoms with Gasteiger partial charge in [-0.15, -0.1) is 0 Å². The van der Waals surface area contributed by atoms with Crippen LogP contribution in [0.25, 0.3) is 10.9 Å². The highest BCUT2D eigenvalue weighted by Crippen LogP contribution is 2.68. The Balaban J connectivity index is 1.43. The van der Waals surface area contributed by atoms with Crippen molar-refractivity contribution in [2.75, 3.05) is 19.7 Å². The number of aliphatic hydroxyl groups is 2. The topological polar surface area (TPSA) is 65.7 Å². The second-order valence-corrected chi connectivity index (χ2v) is 8.57. The number of β-amino-alcohol motifs (C(OH)–C–C–N with tert-alkyl or cyclic N) is 1. The highest BCUT2D eigenvalue weighted by atomic mass is 16.3. The quantitative estimate of drug-likeness (QED) is 0.716. The van der Waals surface area contributed by atoms with Crippen LogP contribution in [0.15, 0.2) is 65.5 Å². The molecule has 0 unspecified atom stereocenters. The van der Waals surface area contributed by atoms with E-state index in [4.69, 9.17) is 0 Å². The van der Waals surface area contributed by atoms with Crippen molar-refractivity contribution < 1.29 is 10.2 Å². The highest BCUT2D eigenvalue weighted by Gasteiger charge is 2.70. The van der Waals surface area contributed by atoms with Crippen LogP contribution in [0.5, 0.6) is 0 Å². The molecule has 1 spiro atoms. The zero-order chi connectivity index (χ0) is 20.2. The average molecular weight is 390 g/mol.